The Labute approximate surface area is 154 Å². The zero-order chi connectivity index (χ0) is 18.0. The number of esters is 1. The molecule has 2 fully saturated rings. The monoisotopic (exact) mass is 353 g/mol. The average Bonchev–Trinajstić information content (AvgIpc) is 3.36. The first kappa shape index (κ1) is 17.3. The molecule has 3 heterocycles. The van der Waals surface area contributed by atoms with Crippen LogP contribution in [0.2, 0.25) is 0 Å². The molecule has 0 unspecified atom stereocenters. The molecule has 2 aliphatic heterocycles. The molecule has 4 rings (SSSR count). The van der Waals surface area contributed by atoms with Crippen LogP contribution < -0.4 is 0 Å². The van der Waals surface area contributed by atoms with E-state index in [1.807, 2.05) is 36.1 Å². The third-order valence-corrected chi connectivity index (χ3v) is 6.07. The predicted molar refractivity (Wildman–Crippen MR) is 99.6 cm³/mol. The van der Waals surface area contributed by atoms with Crippen LogP contribution in [0.3, 0.4) is 0 Å². The van der Waals surface area contributed by atoms with Gasteiger partial charge in [-0.05, 0) is 44.2 Å². The molecule has 0 saturated carbocycles. The molecular formula is C21H27N3O2. The molecular weight excluding hydrogens is 326 g/mol. The lowest BCUT2D eigenvalue weighted by Gasteiger charge is -2.35. The first-order chi connectivity index (χ1) is 12.7. The molecule has 0 spiro atoms. The van der Waals surface area contributed by atoms with Gasteiger partial charge in [-0.2, -0.15) is 5.10 Å². The zero-order valence-corrected chi connectivity index (χ0v) is 15.4. The third-order valence-electron chi connectivity index (χ3n) is 6.07. The minimum Gasteiger partial charge on any atom is -0.466 e. The van der Waals surface area contributed by atoms with Crippen LogP contribution in [0.1, 0.15) is 31.7 Å². The van der Waals surface area contributed by atoms with Crippen LogP contribution in [0.15, 0.2) is 48.8 Å². The van der Waals surface area contributed by atoms with E-state index in [4.69, 9.17) is 4.74 Å². The second-order valence-electron chi connectivity index (χ2n) is 7.50. The second-order valence-corrected chi connectivity index (χ2v) is 7.50. The Morgan fingerprint density at radius 1 is 1.23 bits per heavy atom. The molecule has 5 nitrogen and oxygen atoms in total. The normalized spacial score (nSPS) is 27.7. The number of aromatic nitrogens is 2. The lowest BCUT2D eigenvalue weighted by Crippen LogP contribution is -2.46. The van der Waals surface area contributed by atoms with Gasteiger partial charge in [0, 0.05) is 31.0 Å². The summed E-state index contributed by atoms with van der Waals surface area (Å²) >= 11 is 0. The van der Waals surface area contributed by atoms with Crippen molar-refractivity contribution in [1.82, 2.24) is 14.7 Å². The highest BCUT2D eigenvalue weighted by atomic mass is 16.5. The number of carbonyl (C=O) groups is 1. The fourth-order valence-corrected chi connectivity index (χ4v) is 5.01. The van der Waals surface area contributed by atoms with Crippen molar-refractivity contribution in [3.8, 4) is 0 Å². The number of hydrogen-bond donors (Lipinski definition) is 0. The van der Waals surface area contributed by atoms with E-state index in [0.717, 1.165) is 32.4 Å². The number of rotatable bonds is 7. The zero-order valence-electron chi connectivity index (χ0n) is 15.4. The van der Waals surface area contributed by atoms with Gasteiger partial charge >= 0.3 is 5.97 Å². The SMILES string of the molecule is CCOC(=O)[C@@]1(Cc2ccccc2)C[C@H]2CC[C@@H]1N2CCn1cccn1. The molecule has 2 bridgehead atoms. The first-order valence-electron chi connectivity index (χ1n) is 9.67. The highest BCUT2D eigenvalue weighted by Crippen LogP contribution is 2.52. The first-order valence-corrected chi connectivity index (χ1v) is 9.67. The molecule has 26 heavy (non-hydrogen) atoms. The quantitative estimate of drug-likeness (QED) is 0.718. The van der Waals surface area contributed by atoms with Gasteiger partial charge in [0.15, 0.2) is 0 Å². The minimum atomic E-state index is -0.412. The number of ether oxygens (including phenoxy) is 1. The lowest BCUT2D eigenvalue weighted by atomic mass is 9.70. The Hall–Kier alpha value is -2.14. The van der Waals surface area contributed by atoms with Gasteiger partial charge in [-0.3, -0.25) is 14.4 Å². The molecule has 0 N–H and O–H groups in total. The van der Waals surface area contributed by atoms with Gasteiger partial charge < -0.3 is 4.74 Å². The topological polar surface area (TPSA) is 47.4 Å². The number of hydrogen-bond acceptors (Lipinski definition) is 4. The van der Waals surface area contributed by atoms with Gasteiger partial charge in [0.25, 0.3) is 0 Å². The van der Waals surface area contributed by atoms with Gasteiger partial charge in [-0.25, -0.2) is 0 Å². The third kappa shape index (κ3) is 3.05. The van der Waals surface area contributed by atoms with Crippen LogP contribution in [-0.2, 0) is 22.5 Å². The molecule has 5 heteroatoms. The van der Waals surface area contributed by atoms with Gasteiger partial charge in [-0.1, -0.05) is 30.3 Å². The van der Waals surface area contributed by atoms with Crippen molar-refractivity contribution in [1.29, 1.82) is 0 Å². The molecule has 1 aromatic carbocycles. The largest absolute Gasteiger partial charge is 0.466 e. The lowest BCUT2D eigenvalue weighted by molar-refractivity contribution is -0.157. The van der Waals surface area contributed by atoms with E-state index in [1.54, 1.807) is 0 Å². The van der Waals surface area contributed by atoms with Gasteiger partial charge in [0.2, 0.25) is 0 Å². The summed E-state index contributed by atoms with van der Waals surface area (Å²) < 4.78 is 7.54. The van der Waals surface area contributed by atoms with Crippen molar-refractivity contribution in [3.63, 3.8) is 0 Å². The summed E-state index contributed by atoms with van der Waals surface area (Å²) in [5, 5.41) is 4.31. The highest BCUT2D eigenvalue weighted by Gasteiger charge is 2.60. The van der Waals surface area contributed by atoms with Gasteiger partial charge in [0.1, 0.15) is 0 Å². The van der Waals surface area contributed by atoms with Crippen molar-refractivity contribution in [3.05, 3.63) is 54.4 Å². The van der Waals surface area contributed by atoms with E-state index < -0.39 is 5.41 Å². The van der Waals surface area contributed by atoms with Crippen LogP contribution in [0.25, 0.3) is 0 Å². The molecule has 3 atom stereocenters. The fourth-order valence-electron chi connectivity index (χ4n) is 5.01. The Balaban J connectivity index is 1.57. The molecule has 2 aromatic rings. The maximum atomic E-state index is 13.1. The maximum absolute atomic E-state index is 13.1. The van der Waals surface area contributed by atoms with Crippen molar-refractivity contribution in [2.75, 3.05) is 13.2 Å². The van der Waals surface area contributed by atoms with E-state index in [-0.39, 0.29) is 12.0 Å². The Kier molecular flexibility index (Phi) is 4.81. The predicted octanol–water partition coefficient (Wildman–Crippen LogP) is 2.91. The molecule has 1 aromatic heterocycles. The number of benzene rings is 1. The van der Waals surface area contributed by atoms with Crippen LogP contribution in [0, 0.1) is 5.41 Å². The van der Waals surface area contributed by atoms with Crippen LogP contribution in [0.4, 0.5) is 0 Å². The number of fused-ring (bicyclic) bond motifs is 2. The van der Waals surface area contributed by atoms with E-state index in [2.05, 4.69) is 34.3 Å². The Morgan fingerprint density at radius 3 is 2.81 bits per heavy atom. The summed E-state index contributed by atoms with van der Waals surface area (Å²) in [6.45, 7) is 4.15. The summed E-state index contributed by atoms with van der Waals surface area (Å²) in [6, 6.07) is 13.1. The van der Waals surface area contributed by atoms with Crippen LogP contribution in [-0.4, -0.2) is 45.9 Å². The molecule has 2 aliphatic rings. The minimum absolute atomic E-state index is 0.0138. The highest BCUT2D eigenvalue weighted by molar-refractivity contribution is 5.79. The van der Waals surface area contributed by atoms with E-state index >= 15 is 0 Å². The molecule has 0 aliphatic carbocycles. The maximum Gasteiger partial charge on any atom is 0.314 e. The summed E-state index contributed by atoms with van der Waals surface area (Å²) in [6.07, 6.45) is 7.75. The van der Waals surface area contributed by atoms with E-state index in [0.29, 0.717) is 12.6 Å². The number of nitrogens with zero attached hydrogens (tertiary/aromatic N) is 3. The average molecular weight is 353 g/mol. The second kappa shape index (κ2) is 7.23. The molecule has 138 valence electrons. The molecule has 0 radical (unpaired) electrons. The fraction of sp³-hybridized carbons (Fsp3) is 0.524. The van der Waals surface area contributed by atoms with Crippen LogP contribution >= 0.6 is 0 Å². The van der Waals surface area contributed by atoms with Crippen molar-refractivity contribution in [2.24, 2.45) is 5.41 Å². The van der Waals surface area contributed by atoms with Gasteiger partial charge in [-0.15, -0.1) is 0 Å². The smallest absolute Gasteiger partial charge is 0.314 e. The van der Waals surface area contributed by atoms with Crippen molar-refractivity contribution in [2.45, 2.75) is 51.2 Å². The number of carbonyl (C=O) groups excluding carboxylic acids is 1. The summed E-state index contributed by atoms with van der Waals surface area (Å²) in [4.78, 5) is 15.6. The standard InChI is InChI=1S/C21H27N3O2/c1-2-26-20(25)21(15-17-7-4-3-5-8-17)16-18-9-10-19(21)24(18)14-13-23-12-6-11-22-23/h3-8,11-12,18-19H,2,9-10,13-16H2,1H3/t18-,19+,21+/m1/s1. The van der Waals surface area contributed by atoms with Gasteiger partial charge in [0.05, 0.1) is 18.6 Å². The summed E-state index contributed by atoms with van der Waals surface area (Å²) in [5.74, 6) is -0.0138. The Bertz CT molecular complexity index is 731. The van der Waals surface area contributed by atoms with Crippen molar-refractivity contribution >= 4 is 5.97 Å². The summed E-state index contributed by atoms with van der Waals surface area (Å²) in [7, 11) is 0. The van der Waals surface area contributed by atoms with E-state index in [9.17, 15) is 4.79 Å². The van der Waals surface area contributed by atoms with Crippen molar-refractivity contribution < 1.29 is 9.53 Å². The Morgan fingerprint density at radius 2 is 2.08 bits per heavy atom. The molecule has 2 saturated heterocycles. The van der Waals surface area contributed by atoms with E-state index in [1.165, 1.54) is 12.0 Å². The molecule has 0 amide bonds. The van der Waals surface area contributed by atoms with Crippen LogP contribution in [0.5, 0.6) is 0 Å². The summed E-state index contributed by atoms with van der Waals surface area (Å²) in [5.41, 5.74) is 0.810.